The fourth-order valence-corrected chi connectivity index (χ4v) is 1.95. The van der Waals surface area contributed by atoms with Gasteiger partial charge in [0.15, 0.2) is 0 Å². The SMILES string of the molecule is CNC1(C)CCN(C(=O)NC2CC2)CC1. The average molecular weight is 211 g/mol. The number of carbonyl (C=O) groups excluding carboxylic acids is 1. The molecule has 1 saturated heterocycles. The number of piperidine rings is 1. The van der Waals surface area contributed by atoms with Gasteiger partial charge in [0.2, 0.25) is 0 Å². The third-order valence-electron chi connectivity index (χ3n) is 3.66. The zero-order valence-corrected chi connectivity index (χ0v) is 9.68. The summed E-state index contributed by atoms with van der Waals surface area (Å²) in [6.45, 7) is 3.97. The second-order valence-corrected chi connectivity index (χ2v) is 5.02. The first kappa shape index (κ1) is 10.7. The van der Waals surface area contributed by atoms with Crippen LogP contribution in [0.3, 0.4) is 0 Å². The standard InChI is InChI=1S/C11H21N3O/c1-11(12-2)5-7-14(8-6-11)10(15)13-9-3-4-9/h9,12H,3-8H2,1-2H3,(H,13,15). The maximum Gasteiger partial charge on any atom is 0.317 e. The molecule has 0 aromatic rings. The second-order valence-electron chi connectivity index (χ2n) is 5.02. The van der Waals surface area contributed by atoms with Crippen molar-refractivity contribution in [3.05, 3.63) is 0 Å². The number of hydrogen-bond donors (Lipinski definition) is 2. The van der Waals surface area contributed by atoms with Crippen LogP contribution in [0.25, 0.3) is 0 Å². The predicted octanol–water partition coefficient (Wildman–Crippen LogP) is 0.932. The van der Waals surface area contributed by atoms with Crippen molar-refractivity contribution in [1.29, 1.82) is 0 Å². The molecule has 2 rings (SSSR count). The Bertz CT molecular complexity index is 242. The first-order valence-corrected chi connectivity index (χ1v) is 5.87. The summed E-state index contributed by atoms with van der Waals surface area (Å²) in [5.74, 6) is 0. The largest absolute Gasteiger partial charge is 0.335 e. The normalized spacial score (nSPS) is 25.1. The summed E-state index contributed by atoms with van der Waals surface area (Å²) in [4.78, 5) is 13.7. The van der Waals surface area contributed by atoms with Crippen LogP contribution < -0.4 is 10.6 Å². The van der Waals surface area contributed by atoms with Gasteiger partial charge < -0.3 is 15.5 Å². The van der Waals surface area contributed by atoms with E-state index >= 15 is 0 Å². The van der Waals surface area contributed by atoms with Gasteiger partial charge in [0.25, 0.3) is 0 Å². The van der Waals surface area contributed by atoms with Gasteiger partial charge in [0.05, 0.1) is 0 Å². The highest BCUT2D eigenvalue weighted by atomic mass is 16.2. The number of nitrogens with one attached hydrogen (secondary N) is 2. The molecule has 2 fully saturated rings. The van der Waals surface area contributed by atoms with Gasteiger partial charge in [-0.05, 0) is 39.7 Å². The van der Waals surface area contributed by atoms with Crippen molar-refractivity contribution in [3.8, 4) is 0 Å². The minimum Gasteiger partial charge on any atom is -0.335 e. The monoisotopic (exact) mass is 211 g/mol. The zero-order valence-electron chi connectivity index (χ0n) is 9.68. The highest BCUT2D eigenvalue weighted by molar-refractivity contribution is 5.75. The van der Waals surface area contributed by atoms with Crippen molar-refractivity contribution in [2.75, 3.05) is 20.1 Å². The van der Waals surface area contributed by atoms with E-state index in [1.54, 1.807) is 0 Å². The number of nitrogens with zero attached hydrogens (tertiary/aromatic N) is 1. The molecule has 15 heavy (non-hydrogen) atoms. The van der Waals surface area contributed by atoms with Crippen molar-refractivity contribution in [3.63, 3.8) is 0 Å². The zero-order chi connectivity index (χ0) is 10.9. The maximum absolute atomic E-state index is 11.7. The Morgan fingerprint density at radius 3 is 2.40 bits per heavy atom. The Hall–Kier alpha value is -0.770. The van der Waals surface area contributed by atoms with E-state index in [0.29, 0.717) is 6.04 Å². The average Bonchev–Trinajstić information content (AvgIpc) is 3.03. The van der Waals surface area contributed by atoms with Crippen LogP contribution in [0.15, 0.2) is 0 Å². The molecule has 0 atom stereocenters. The molecule has 0 aromatic carbocycles. The smallest absolute Gasteiger partial charge is 0.317 e. The van der Waals surface area contributed by atoms with Crippen molar-refractivity contribution in [2.45, 2.75) is 44.2 Å². The van der Waals surface area contributed by atoms with Crippen LogP contribution in [0.2, 0.25) is 0 Å². The molecule has 0 unspecified atom stereocenters. The molecule has 0 radical (unpaired) electrons. The summed E-state index contributed by atoms with van der Waals surface area (Å²) in [7, 11) is 2.00. The van der Waals surface area contributed by atoms with Gasteiger partial charge in [-0.15, -0.1) is 0 Å². The molecular weight excluding hydrogens is 190 g/mol. The van der Waals surface area contributed by atoms with E-state index in [1.165, 1.54) is 0 Å². The summed E-state index contributed by atoms with van der Waals surface area (Å²) in [5.41, 5.74) is 0.219. The molecule has 1 aliphatic heterocycles. The Balaban J connectivity index is 1.79. The van der Waals surface area contributed by atoms with Gasteiger partial charge in [-0.2, -0.15) is 0 Å². The first-order valence-electron chi connectivity index (χ1n) is 5.87. The minimum atomic E-state index is 0.135. The maximum atomic E-state index is 11.7. The van der Waals surface area contributed by atoms with Crippen LogP contribution in [-0.4, -0.2) is 42.6 Å². The number of hydrogen-bond acceptors (Lipinski definition) is 2. The predicted molar refractivity (Wildman–Crippen MR) is 59.8 cm³/mol. The fraction of sp³-hybridized carbons (Fsp3) is 0.909. The van der Waals surface area contributed by atoms with Crippen molar-refractivity contribution in [1.82, 2.24) is 15.5 Å². The molecule has 4 nitrogen and oxygen atoms in total. The molecule has 4 heteroatoms. The first-order chi connectivity index (χ1) is 7.13. The molecular formula is C11H21N3O. The van der Waals surface area contributed by atoms with E-state index in [-0.39, 0.29) is 11.6 Å². The molecule has 0 spiro atoms. The molecule has 0 bridgehead atoms. The third-order valence-corrected chi connectivity index (χ3v) is 3.66. The van der Waals surface area contributed by atoms with Crippen molar-refractivity contribution < 1.29 is 4.79 Å². The number of likely N-dealkylation sites (tertiary alicyclic amines) is 1. The second kappa shape index (κ2) is 4.00. The topological polar surface area (TPSA) is 44.4 Å². The summed E-state index contributed by atoms with van der Waals surface area (Å²) in [6.07, 6.45) is 4.41. The van der Waals surface area contributed by atoms with Gasteiger partial charge in [-0.1, -0.05) is 0 Å². The minimum absolute atomic E-state index is 0.135. The van der Waals surface area contributed by atoms with Gasteiger partial charge in [0.1, 0.15) is 0 Å². The Morgan fingerprint density at radius 1 is 1.33 bits per heavy atom. The molecule has 2 N–H and O–H groups in total. The molecule has 86 valence electrons. The van der Waals surface area contributed by atoms with Gasteiger partial charge in [0, 0.05) is 24.7 Å². The van der Waals surface area contributed by atoms with E-state index in [9.17, 15) is 4.79 Å². The molecule has 1 saturated carbocycles. The Morgan fingerprint density at radius 2 is 1.93 bits per heavy atom. The summed E-state index contributed by atoms with van der Waals surface area (Å²) in [6, 6.07) is 0.603. The van der Waals surface area contributed by atoms with Crippen LogP contribution in [0.5, 0.6) is 0 Å². The highest BCUT2D eigenvalue weighted by Gasteiger charge is 2.32. The molecule has 2 aliphatic rings. The van der Waals surface area contributed by atoms with E-state index in [1.807, 2.05) is 11.9 Å². The van der Waals surface area contributed by atoms with Gasteiger partial charge in [-0.25, -0.2) is 4.79 Å². The lowest BCUT2D eigenvalue weighted by Gasteiger charge is -2.39. The lowest BCUT2D eigenvalue weighted by molar-refractivity contribution is 0.153. The number of urea groups is 1. The number of rotatable bonds is 2. The Labute approximate surface area is 91.4 Å². The van der Waals surface area contributed by atoms with Crippen LogP contribution in [0, 0.1) is 0 Å². The van der Waals surface area contributed by atoms with Crippen molar-refractivity contribution in [2.24, 2.45) is 0 Å². The van der Waals surface area contributed by atoms with Gasteiger partial charge >= 0.3 is 6.03 Å². The van der Waals surface area contributed by atoms with E-state index < -0.39 is 0 Å². The molecule has 0 aromatic heterocycles. The van der Waals surface area contributed by atoms with Gasteiger partial charge in [-0.3, -0.25) is 0 Å². The van der Waals surface area contributed by atoms with Crippen LogP contribution in [0.4, 0.5) is 4.79 Å². The third kappa shape index (κ3) is 2.62. The number of amides is 2. The van der Waals surface area contributed by atoms with Crippen LogP contribution >= 0.6 is 0 Å². The molecule has 1 heterocycles. The summed E-state index contributed by atoms with van der Waals surface area (Å²) >= 11 is 0. The quantitative estimate of drug-likeness (QED) is 0.713. The molecule has 1 aliphatic carbocycles. The van der Waals surface area contributed by atoms with Crippen molar-refractivity contribution >= 4 is 6.03 Å². The summed E-state index contributed by atoms with van der Waals surface area (Å²) in [5, 5.41) is 6.37. The highest BCUT2D eigenvalue weighted by Crippen LogP contribution is 2.23. The summed E-state index contributed by atoms with van der Waals surface area (Å²) < 4.78 is 0. The lowest BCUT2D eigenvalue weighted by atomic mass is 9.90. The van der Waals surface area contributed by atoms with Crippen LogP contribution in [0.1, 0.15) is 32.6 Å². The fourth-order valence-electron chi connectivity index (χ4n) is 1.95. The lowest BCUT2D eigenvalue weighted by Crippen LogP contribution is -2.53. The van der Waals surface area contributed by atoms with Crippen LogP contribution in [-0.2, 0) is 0 Å². The van der Waals surface area contributed by atoms with E-state index in [4.69, 9.17) is 0 Å². The molecule has 2 amide bonds. The number of carbonyl (C=O) groups is 1. The van der Waals surface area contributed by atoms with E-state index in [0.717, 1.165) is 38.8 Å². The Kier molecular flexibility index (Phi) is 2.87. The van der Waals surface area contributed by atoms with E-state index in [2.05, 4.69) is 17.6 Å².